The summed E-state index contributed by atoms with van der Waals surface area (Å²) in [5.74, 6) is 0.896. The van der Waals surface area contributed by atoms with E-state index in [9.17, 15) is 8.78 Å². The second-order valence-electron chi connectivity index (χ2n) is 4.61. The lowest BCUT2D eigenvalue weighted by Crippen LogP contribution is -2.13. The zero-order valence-electron chi connectivity index (χ0n) is 11.6. The van der Waals surface area contributed by atoms with E-state index in [1.165, 1.54) is 6.07 Å². The Labute approximate surface area is 122 Å². The summed E-state index contributed by atoms with van der Waals surface area (Å²) in [5.41, 5.74) is 7.92. The van der Waals surface area contributed by atoms with Crippen molar-refractivity contribution in [3.05, 3.63) is 59.7 Å². The van der Waals surface area contributed by atoms with Crippen molar-refractivity contribution >= 4 is 0 Å². The highest BCUT2D eigenvalue weighted by atomic mass is 19.3. The van der Waals surface area contributed by atoms with Gasteiger partial charge >= 0.3 is 6.61 Å². The Balaban J connectivity index is 2.06. The number of halogens is 2. The first kappa shape index (κ1) is 15.3. The Morgan fingerprint density at radius 2 is 1.76 bits per heavy atom. The summed E-state index contributed by atoms with van der Waals surface area (Å²) >= 11 is 0. The molecule has 0 aromatic heterocycles. The second kappa shape index (κ2) is 7.04. The lowest BCUT2D eigenvalue weighted by atomic mass is 9.99. The van der Waals surface area contributed by atoms with Gasteiger partial charge in [0.2, 0.25) is 0 Å². The zero-order chi connectivity index (χ0) is 15.2. The predicted octanol–water partition coefficient (Wildman–Crippen LogP) is 3.54. The quantitative estimate of drug-likeness (QED) is 0.886. The van der Waals surface area contributed by atoms with Gasteiger partial charge in [-0.3, -0.25) is 0 Å². The maximum Gasteiger partial charge on any atom is 0.387 e. The molecular weight excluding hydrogens is 276 g/mol. The van der Waals surface area contributed by atoms with Crippen LogP contribution in [-0.2, 0) is 6.42 Å². The predicted molar refractivity (Wildman–Crippen MR) is 76.7 cm³/mol. The van der Waals surface area contributed by atoms with Crippen LogP contribution in [0.25, 0.3) is 0 Å². The van der Waals surface area contributed by atoms with Crippen molar-refractivity contribution in [2.45, 2.75) is 19.1 Å². The molecule has 0 amide bonds. The van der Waals surface area contributed by atoms with E-state index >= 15 is 0 Å². The molecule has 3 nitrogen and oxygen atoms in total. The van der Waals surface area contributed by atoms with Gasteiger partial charge in [-0.25, -0.2) is 0 Å². The van der Waals surface area contributed by atoms with Gasteiger partial charge in [-0.1, -0.05) is 24.3 Å². The SMILES string of the molecule is COc1ccc(CC(N)c2cccc(OC(F)F)c2)cc1. The molecule has 0 aliphatic heterocycles. The largest absolute Gasteiger partial charge is 0.497 e. The number of nitrogens with two attached hydrogens (primary N) is 1. The normalized spacial score (nSPS) is 12.2. The third kappa shape index (κ3) is 4.43. The summed E-state index contributed by atoms with van der Waals surface area (Å²) < 4.78 is 33.9. The fraction of sp³-hybridized carbons (Fsp3) is 0.250. The topological polar surface area (TPSA) is 44.5 Å². The van der Waals surface area contributed by atoms with Crippen LogP contribution < -0.4 is 15.2 Å². The highest BCUT2D eigenvalue weighted by molar-refractivity contribution is 5.33. The fourth-order valence-electron chi connectivity index (χ4n) is 2.05. The van der Waals surface area contributed by atoms with Crippen LogP contribution in [0.3, 0.4) is 0 Å². The van der Waals surface area contributed by atoms with Crippen molar-refractivity contribution in [2.75, 3.05) is 7.11 Å². The standard InChI is InChI=1S/C16H17F2NO2/c1-20-13-7-5-11(6-8-13)9-15(19)12-3-2-4-14(10-12)21-16(17)18/h2-8,10,15-16H,9,19H2,1H3. The lowest BCUT2D eigenvalue weighted by molar-refractivity contribution is -0.0499. The summed E-state index contributed by atoms with van der Waals surface area (Å²) in [6, 6.07) is 13.8. The van der Waals surface area contributed by atoms with E-state index in [2.05, 4.69) is 4.74 Å². The number of hydrogen-bond acceptors (Lipinski definition) is 3. The molecule has 0 aliphatic rings. The average molecular weight is 293 g/mol. The van der Waals surface area contributed by atoms with Crippen LogP contribution in [0.15, 0.2) is 48.5 Å². The summed E-state index contributed by atoms with van der Waals surface area (Å²) in [4.78, 5) is 0. The monoisotopic (exact) mass is 293 g/mol. The molecular formula is C16H17F2NO2. The molecule has 1 unspecified atom stereocenters. The number of hydrogen-bond donors (Lipinski definition) is 1. The molecule has 0 aliphatic carbocycles. The maximum absolute atomic E-state index is 12.2. The van der Waals surface area contributed by atoms with Gasteiger partial charge in [0.1, 0.15) is 11.5 Å². The van der Waals surface area contributed by atoms with E-state index in [0.29, 0.717) is 6.42 Å². The molecule has 21 heavy (non-hydrogen) atoms. The number of methoxy groups -OCH3 is 1. The van der Waals surface area contributed by atoms with Crippen molar-refractivity contribution < 1.29 is 18.3 Å². The third-order valence-electron chi connectivity index (χ3n) is 3.13. The Kier molecular flexibility index (Phi) is 5.11. The van der Waals surface area contributed by atoms with Gasteiger partial charge in [-0.05, 0) is 41.8 Å². The highest BCUT2D eigenvalue weighted by Crippen LogP contribution is 2.23. The second-order valence-corrected chi connectivity index (χ2v) is 4.61. The molecule has 0 saturated heterocycles. The number of ether oxygens (including phenoxy) is 2. The molecule has 2 rings (SSSR count). The highest BCUT2D eigenvalue weighted by Gasteiger charge is 2.10. The minimum Gasteiger partial charge on any atom is -0.497 e. The van der Waals surface area contributed by atoms with Crippen LogP contribution in [0.4, 0.5) is 8.78 Å². The zero-order valence-corrected chi connectivity index (χ0v) is 11.6. The van der Waals surface area contributed by atoms with Crippen LogP contribution >= 0.6 is 0 Å². The molecule has 0 saturated carbocycles. The van der Waals surface area contributed by atoms with E-state index in [4.69, 9.17) is 10.5 Å². The first-order valence-electron chi connectivity index (χ1n) is 6.52. The van der Waals surface area contributed by atoms with Crippen molar-refractivity contribution in [1.29, 1.82) is 0 Å². The first-order chi connectivity index (χ1) is 10.1. The average Bonchev–Trinajstić information content (AvgIpc) is 2.47. The van der Waals surface area contributed by atoms with E-state index in [-0.39, 0.29) is 11.8 Å². The lowest BCUT2D eigenvalue weighted by Gasteiger charge is -2.14. The molecule has 0 bridgehead atoms. The summed E-state index contributed by atoms with van der Waals surface area (Å²) in [7, 11) is 1.61. The van der Waals surface area contributed by atoms with Crippen LogP contribution in [0.1, 0.15) is 17.2 Å². The number of rotatable bonds is 6. The minimum absolute atomic E-state index is 0.118. The summed E-state index contributed by atoms with van der Waals surface area (Å²) in [6.07, 6.45) is 0.599. The smallest absolute Gasteiger partial charge is 0.387 e. The molecule has 112 valence electrons. The molecule has 2 aromatic rings. The van der Waals surface area contributed by atoms with E-state index in [1.54, 1.807) is 25.3 Å². The van der Waals surface area contributed by atoms with E-state index in [0.717, 1.165) is 16.9 Å². The molecule has 0 radical (unpaired) electrons. The summed E-state index contributed by atoms with van der Waals surface area (Å²) in [5, 5.41) is 0. The molecule has 5 heteroatoms. The molecule has 2 aromatic carbocycles. The Bertz CT molecular complexity index is 573. The molecule has 1 atom stereocenters. The van der Waals surface area contributed by atoms with Crippen LogP contribution in [0.2, 0.25) is 0 Å². The number of alkyl halides is 2. The third-order valence-corrected chi connectivity index (χ3v) is 3.13. The van der Waals surface area contributed by atoms with Gasteiger partial charge in [-0.2, -0.15) is 8.78 Å². The molecule has 0 heterocycles. The van der Waals surface area contributed by atoms with Crippen LogP contribution in [0.5, 0.6) is 11.5 Å². The van der Waals surface area contributed by atoms with Crippen molar-refractivity contribution in [1.82, 2.24) is 0 Å². The van der Waals surface area contributed by atoms with Crippen molar-refractivity contribution in [2.24, 2.45) is 5.73 Å². The summed E-state index contributed by atoms with van der Waals surface area (Å²) in [6.45, 7) is -2.84. The number of benzene rings is 2. The molecule has 2 N–H and O–H groups in total. The first-order valence-corrected chi connectivity index (χ1v) is 6.52. The van der Waals surface area contributed by atoms with Gasteiger partial charge < -0.3 is 15.2 Å². The van der Waals surface area contributed by atoms with Gasteiger partial charge in [0.25, 0.3) is 0 Å². The van der Waals surface area contributed by atoms with E-state index < -0.39 is 6.61 Å². The van der Waals surface area contributed by atoms with Crippen LogP contribution in [0, 0.1) is 0 Å². The van der Waals surface area contributed by atoms with Gasteiger partial charge in [-0.15, -0.1) is 0 Å². The maximum atomic E-state index is 12.2. The molecule has 0 spiro atoms. The Morgan fingerprint density at radius 1 is 1.05 bits per heavy atom. The minimum atomic E-state index is -2.84. The van der Waals surface area contributed by atoms with Gasteiger partial charge in [0, 0.05) is 6.04 Å². The van der Waals surface area contributed by atoms with E-state index in [1.807, 2.05) is 24.3 Å². The molecule has 0 fully saturated rings. The van der Waals surface area contributed by atoms with Crippen LogP contribution in [-0.4, -0.2) is 13.7 Å². The van der Waals surface area contributed by atoms with Gasteiger partial charge in [0.05, 0.1) is 7.11 Å². The Morgan fingerprint density at radius 3 is 2.38 bits per heavy atom. The van der Waals surface area contributed by atoms with Gasteiger partial charge in [0.15, 0.2) is 0 Å². The van der Waals surface area contributed by atoms with Crippen molar-refractivity contribution in [3.63, 3.8) is 0 Å². The Hall–Kier alpha value is -2.14. The van der Waals surface area contributed by atoms with Crippen molar-refractivity contribution in [3.8, 4) is 11.5 Å². The fourth-order valence-corrected chi connectivity index (χ4v) is 2.05.